The number of carbonyl (C=O) groups is 2. The van der Waals surface area contributed by atoms with E-state index in [1.165, 1.54) is 24.3 Å². The molecule has 0 radical (unpaired) electrons. The van der Waals surface area contributed by atoms with Crippen LogP contribution in [0.15, 0.2) is 190 Å². The van der Waals surface area contributed by atoms with Gasteiger partial charge in [0.2, 0.25) is 12.3 Å². The van der Waals surface area contributed by atoms with Crippen molar-refractivity contribution < 1.29 is 57.8 Å². The van der Waals surface area contributed by atoms with Crippen LogP contribution in [0.25, 0.3) is 61.6 Å². The maximum absolute atomic E-state index is 13.5. The average Bonchev–Trinajstić information content (AvgIpc) is 1.56. The number of hydrazine groups is 1. The summed E-state index contributed by atoms with van der Waals surface area (Å²) in [6, 6.07) is 34.0. The van der Waals surface area contributed by atoms with Crippen molar-refractivity contribution in [2.45, 2.75) is 299 Å². The lowest BCUT2D eigenvalue weighted by Gasteiger charge is -2.53. The number of alkyl carbamates (subject to hydrolysis) is 1. The Morgan fingerprint density at radius 2 is 0.698 bits per heavy atom. The first kappa shape index (κ1) is 94.5. The molecular formula is C98H116N24O13S4. The number of hydrogen-bond donors (Lipinski definition) is 7. The Labute approximate surface area is 804 Å². The molecule has 0 spiro atoms. The van der Waals surface area contributed by atoms with Crippen molar-refractivity contribution in [2.75, 3.05) is 5.43 Å². The molecule has 11 heterocycles. The summed E-state index contributed by atoms with van der Waals surface area (Å²) in [5.41, 5.74) is 25.8. The molecule has 0 aliphatic heterocycles. The Morgan fingerprint density at radius 3 is 1.03 bits per heavy atom. The largest absolute Gasteiger partial charge is 0.444 e. The molecule has 12 aliphatic carbocycles. The number of aliphatic hydroxyl groups excluding tert-OH is 1. The third-order valence-electron chi connectivity index (χ3n) is 30.7. The molecule has 4 aromatic carbocycles. The van der Waals surface area contributed by atoms with E-state index in [1.54, 1.807) is 159 Å². The highest BCUT2D eigenvalue weighted by molar-refractivity contribution is 7.91. The van der Waals surface area contributed by atoms with Gasteiger partial charge < -0.3 is 31.4 Å². The molecule has 12 fully saturated rings. The SMILES string of the molecule is Cc1ccc(S(=O)(=O)n2ccc3c2ncc2nnc(C45CCC(N)(CC4)CC5)n23)cc1.Cc1ccc(S(=O)(=O)n2ccc3c2ncc2nnc(C45CCC(N)(CC4)CC5)n23)cc1.Cc1ccc(S(=O)(=O)n2ccc3c2ncc2nnc(C45CCC(NC(=O)OC(C)(C)C)(CC4)CC5)n23)cc1.Cc1ccc(S(=O)(=O)n2ccc3nc(NNC(=O)C45CCC(NC(O)OC(C)(C)C)(CC4)CC5)cnc32)cc1. The van der Waals surface area contributed by atoms with E-state index < -0.39 is 63.1 Å². The van der Waals surface area contributed by atoms with Crippen LogP contribution in [0.5, 0.6) is 0 Å². The summed E-state index contributed by atoms with van der Waals surface area (Å²) in [6.45, 7) is 18.9. The number of hydrogen-bond acceptors (Lipinski definition) is 28. The molecule has 1 atom stereocenters. The number of carbonyl (C=O) groups excluding carboxylic acids is 2. The minimum absolute atomic E-state index is 0.0371. The Morgan fingerprint density at radius 1 is 0.388 bits per heavy atom. The third-order valence-corrected chi connectivity index (χ3v) is 37.5. The molecule has 2 amide bonds. The van der Waals surface area contributed by atoms with Crippen LogP contribution in [0, 0.1) is 33.1 Å². The van der Waals surface area contributed by atoms with Crippen molar-refractivity contribution in [1.82, 2.24) is 101 Å². The first-order chi connectivity index (χ1) is 65.9. The van der Waals surface area contributed by atoms with E-state index in [1.807, 2.05) is 82.4 Å². The molecule has 12 saturated carbocycles. The second-order valence-electron chi connectivity index (χ2n) is 42.1. The molecule has 11 aromatic heterocycles. The van der Waals surface area contributed by atoms with E-state index in [0.717, 1.165) is 179 Å². The zero-order chi connectivity index (χ0) is 97.8. The fourth-order valence-electron chi connectivity index (χ4n) is 22.3. The number of nitrogens with one attached hydrogen (secondary N) is 4. The topological polar surface area (TPSA) is 484 Å². The number of rotatable bonds is 18. The molecule has 27 rings (SSSR count). The Balaban J connectivity index is 0.000000115. The normalized spacial score (nSPS) is 24.9. The van der Waals surface area contributed by atoms with Crippen molar-refractivity contribution in [3.8, 4) is 0 Å². The number of benzene rings is 4. The highest BCUT2D eigenvalue weighted by Crippen LogP contribution is 2.57. The maximum atomic E-state index is 13.5. The summed E-state index contributed by atoms with van der Waals surface area (Å²) < 4.78 is 128. The number of amides is 2. The fourth-order valence-corrected chi connectivity index (χ4v) is 27.5. The number of nitrogens with zero attached hydrogens (tertiary/aromatic N) is 18. The molecule has 41 heteroatoms. The summed E-state index contributed by atoms with van der Waals surface area (Å²) in [5, 5.41) is 43.7. The second kappa shape index (κ2) is 34.1. The number of aryl methyl sites for hydroxylation is 4. The predicted octanol–water partition coefficient (Wildman–Crippen LogP) is 13.5. The van der Waals surface area contributed by atoms with Gasteiger partial charge in [0.15, 0.2) is 45.3 Å². The van der Waals surface area contributed by atoms with Crippen LogP contribution in [0.3, 0.4) is 0 Å². The van der Waals surface area contributed by atoms with E-state index in [4.69, 9.17) is 20.9 Å². The molecule has 12 aliphatic rings. The van der Waals surface area contributed by atoms with Crippen LogP contribution in [0.1, 0.15) is 235 Å². The summed E-state index contributed by atoms with van der Waals surface area (Å²) in [7, 11) is -15.2. The van der Waals surface area contributed by atoms with Gasteiger partial charge in [-0.1, -0.05) is 70.8 Å². The maximum Gasteiger partial charge on any atom is 0.408 e. The lowest BCUT2D eigenvalue weighted by atomic mass is 9.57. The Hall–Kier alpha value is -12.1. The van der Waals surface area contributed by atoms with Gasteiger partial charge in [-0.15, -0.1) is 30.6 Å². The number of aliphatic hydroxyl groups is 1. The fraction of sp³-hybridized carbons (Fsp3) is 0.459. The van der Waals surface area contributed by atoms with Gasteiger partial charge in [0, 0.05) is 63.2 Å². The predicted molar refractivity (Wildman–Crippen MR) is 520 cm³/mol. The number of fused-ring (bicyclic) bond motifs is 22. The van der Waals surface area contributed by atoms with Crippen molar-refractivity contribution in [3.63, 3.8) is 0 Å². The number of anilines is 1. The van der Waals surface area contributed by atoms with Crippen LogP contribution in [-0.2, 0) is 70.6 Å². The number of nitrogens with two attached hydrogens (primary N) is 2. The minimum atomic E-state index is -3.83. The van der Waals surface area contributed by atoms with E-state index in [0.29, 0.717) is 81.0 Å². The van der Waals surface area contributed by atoms with Gasteiger partial charge in [-0.25, -0.2) is 79.3 Å². The van der Waals surface area contributed by atoms with Crippen LogP contribution >= 0.6 is 0 Å². The summed E-state index contributed by atoms with van der Waals surface area (Å²) in [5.74, 6) is 2.84. The lowest BCUT2D eigenvalue weighted by Crippen LogP contribution is -2.61. The summed E-state index contributed by atoms with van der Waals surface area (Å²) >= 11 is 0. The van der Waals surface area contributed by atoms with Crippen LogP contribution in [0.2, 0.25) is 0 Å². The monoisotopic (exact) mass is 1960 g/mol. The van der Waals surface area contributed by atoms with E-state index in [-0.39, 0.29) is 75.6 Å². The standard InChI is InChI=1S/C27H36N6O5S.C27H32N6O4S.2C22H24N6O2S/c1-18-5-7-19(8-6-18)39(36,37)33-16-9-20-22(33)28-17-21(29-20)31-32-23(34)26-10-13-27(14-11-26,15-12-26)30-24(35)38-25(2,3)4;1-18-5-7-19(8-6-18)38(35,36)32-16-9-20-22(32)28-17-21-30-31-23(33(20)21)26-10-13-27(14-11-26,15-12-26)29-24(34)37-25(2,3)4;2*1-15-2-4-16(5-3-15)31(29,30)27-13-6-17-19(27)24-14-18-25-26-20(28(17)18)21-7-10-22(23,11-8-21)12-9-21/h5-9,16-17,24,30,35H,10-15H2,1-4H3,(H,29,31)(H,32,34);5-9,16-17H,10-15H2,1-4H3,(H,29,34);2*2-6,13-14H,7-12,23H2,1H3. The molecule has 37 nitrogen and oxygen atoms in total. The first-order valence-corrected chi connectivity index (χ1v) is 53.2. The zero-order valence-electron chi connectivity index (χ0n) is 79.4. The summed E-state index contributed by atoms with van der Waals surface area (Å²) in [4.78, 5) is 48.7. The minimum Gasteiger partial charge on any atom is -0.444 e. The molecule has 8 bridgehead atoms. The Kier molecular flexibility index (Phi) is 23.2. The van der Waals surface area contributed by atoms with Gasteiger partial charge in [0.1, 0.15) is 28.6 Å². The van der Waals surface area contributed by atoms with Gasteiger partial charge in [-0.2, -0.15) is 0 Å². The van der Waals surface area contributed by atoms with Crippen LogP contribution < -0.4 is 33.0 Å². The van der Waals surface area contributed by atoms with Crippen molar-refractivity contribution in [3.05, 3.63) is 211 Å². The molecule has 730 valence electrons. The highest BCUT2D eigenvalue weighted by Gasteiger charge is 2.56. The molecule has 0 saturated heterocycles. The molecular weight excluding hydrogens is 1850 g/mol. The smallest absolute Gasteiger partial charge is 0.408 e. The van der Waals surface area contributed by atoms with Gasteiger partial charge in [-0.3, -0.25) is 34.2 Å². The number of ether oxygens (including phenoxy) is 2. The van der Waals surface area contributed by atoms with Gasteiger partial charge in [0.05, 0.1) is 71.9 Å². The average molecular weight is 1970 g/mol. The quantitative estimate of drug-likeness (QED) is 0.0310. The number of aromatic nitrogens is 18. The molecule has 9 N–H and O–H groups in total. The van der Waals surface area contributed by atoms with Gasteiger partial charge in [0.25, 0.3) is 40.1 Å². The van der Waals surface area contributed by atoms with Crippen LogP contribution in [0.4, 0.5) is 10.6 Å². The van der Waals surface area contributed by atoms with Crippen molar-refractivity contribution >= 4 is 120 Å². The van der Waals surface area contributed by atoms with Crippen LogP contribution in [-0.4, -0.2) is 175 Å². The molecule has 1 unspecified atom stereocenters. The first-order valence-electron chi connectivity index (χ1n) is 47.4. The van der Waals surface area contributed by atoms with E-state index in [2.05, 4.69) is 77.0 Å². The van der Waals surface area contributed by atoms with Crippen molar-refractivity contribution in [1.29, 1.82) is 0 Å². The van der Waals surface area contributed by atoms with Gasteiger partial charge in [-0.05, 0) is 296 Å². The van der Waals surface area contributed by atoms with E-state index in [9.17, 15) is 48.4 Å². The highest BCUT2D eigenvalue weighted by atomic mass is 32.2. The molecule has 139 heavy (non-hydrogen) atoms. The van der Waals surface area contributed by atoms with Crippen molar-refractivity contribution in [2.24, 2.45) is 16.9 Å². The zero-order valence-corrected chi connectivity index (χ0v) is 82.7. The van der Waals surface area contributed by atoms with Gasteiger partial charge >= 0.3 is 6.09 Å². The second-order valence-corrected chi connectivity index (χ2v) is 49.3. The Bertz CT molecular complexity index is 7530. The third kappa shape index (κ3) is 17.1. The molecule has 15 aromatic rings. The lowest BCUT2D eigenvalue weighted by molar-refractivity contribution is -0.200. The van der Waals surface area contributed by atoms with E-state index >= 15 is 0 Å². The summed E-state index contributed by atoms with van der Waals surface area (Å²) in [6.07, 6.45) is 32.0.